The Bertz CT molecular complexity index is 323. The van der Waals surface area contributed by atoms with Crippen molar-refractivity contribution in [2.75, 3.05) is 13.7 Å². The molecule has 1 N–H and O–H groups in total. The maximum Gasteiger partial charge on any atom is 0.118 e. The van der Waals surface area contributed by atoms with Gasteiger partial charge in [0.1, 0.15) is 5.75 Å². The highest BCUT2D eigenvalue weighted by Crippen LogP contribution is 2.24. The molecule has 0 aromatic heterocycles. The van der Waals surface area contributed by atoms with Crippen LogP contribution in [-0.4, -0.2) is 18.8 Å². The second-order valence-electron chi connectivity index (χ2n) is 3.73. The van der Waals surface area contributed by atoms with Gasteiger partial charge in [-0.15, -0.1) is 0 Å². The molecule has 1 aromatic carbocycles. The Labute approximate surface area is 91.2 Å². The quantitative estimate of drug-likeness (QED) is 0.820. The van der Waals surface area contributed by atoms with E-state index < -0.39 is 0 Å². The zero-order valence-corrected chi connectivity index (χ0v) is 9.53. The summed E-state index contributed by atoms with van der Waals surface area (Å²) in [5, 5.41) is 8.95. The van der Waals surface area contributed by atoms with Gasteiger partial charge in [-0.25, -0.2) is 0 Å². The summed E-state index contributed by atoms with van der Waals surface area (Å²) in [5.74, 6) is 1.26. The monoisotopic (exact) mass is 206 g/mol. The molecule has 2 nitrogen and oxygen atoms in total. The molecule has 0 saturated carbocycles. The van der Waals surface area contributed by atoms with Crippen molar-refractivity contribution in [1.82, 2.24) is 0 Å². The molecule has 82 valence electrons. The van der Waals surface area contributed by atoms with Crippen molar-refractivity contribution in [1.29, 1.82) is 0 Å². The molecule has 0 aliphatic heterocycles. The largest absolute Gasteiger partial charge is 0.497 e. The number of benzene rings is 1. The molecule has 0 aliphatic rings. The summed E-state index contributed by atoms with van der Waals surface area (Å²) >= 11 is 0. The molecule has 0 amide bonds. The van der Waals surface area contributed by atoms with E-state index in [4.69, 9.17) is 9.84 Å². The summed E-state index contributed by atoms with van der Waals surface area (Å²) in [6.45, 7) is 4.32. The van der Waals surface area contributed by atoms with E-state index in [1.165, 1.54) is 5.57 Å². The van der Waals surface area contributed by atoms with Crippen molar-refractivity contribution in [2.45, 2.75) is 13.8 Å². The van der Waals surface area contributed by atoms with E-state index in [2.05, 4.69) is 13.8 Å². The van der Waals surface area contributed by atoms with Crippen LogP contribution in [0.15, 0.2) is 30.3 Å². The molecule has 2 heteroatoms. The van der Waals surface area contributed by atoms with Gasteiger partial charge >= 0.3 is 0 Å². The minimum atomic E-state index is 0.0829. The van der Waals surface area contributed by atoms with E-state index in [9.17, 15) is 0 Å². The molecule has 0 radical (unpaired) electrons. The fourth-order valence-corrected chi connectivity index (χ4v) is 1.57. The lowest BCUT2D eigenvalue weighted by molar-refractivity contribution is 0.342. The van der Waals surface area contributed by atoms with E-state index >= 15 is 0 Å². The molecule has 15 heavy (non-hydrogen) atoms. The fraction of sp³-hybridized carbons (Fsp3) is 0.385. The first-order valence-corrected chi connectivity index (χ1v) is 5.14. The third kappa shape index (κ3) is 3.10. The molecule has 1 aromatic rings. The van der Waals surface area contributed by atoms with Crippen molar-refractivity contribution in [3.05, 3.63) is 35.9 Å². The van der Waals surface area contributed by atoms with Gasteiger partial charge in [-0.05, 0) is 29.2 Å². The summed E-state index contributed by atoms with van der Waals surface area (Å²) in [7, 11) is 1.65. The maximum atomic E-state index is 8.95. The van der Waals surface area contributed by atoms with Crippen LogP contribution in [0.1, 0.15) is 19.4 Å². The molecule has 0 bridgehead atoms. The second kappa shape index (κ2) is 5.56. The molecule has 0 heterocycles. The summed E-state index contributed by atoms with van der Waals surface area (Å²) in [5.41, 5.74) is 2.31. The zero-order valence-electron chi connectivity index (χ0n) is 9.53. The summed E-state index contributed by atoms with van der Waals surface area (Å²) in [4.78, 5) is 0. The smallest absolute Gasteiger partial charge is 0.118 e. The van der Waals surface area contributed by atoms with Gasteiger partial charge in [0.15, 0.2) is 0 Å². The van der Waals surface area contributed by atoms with Crippen LogP contribution in [0, 0.1) is 5.92 Å². The van der Waals surface area contributed by atoms with Gasteiger partial charge in [0.05, 0.1) is 13.7 Å². The van der Waals surface area contributed by atoms with Gasteiger partial charge in [-0.2, -0.15) is 0 Å². The van der Waals surface area contributed by atoms with Crippen LogP contribution in [0.2, 0.25) is 0 Å². The number of rotatable bonds is 4. The highest BCUT2D eigenvalue weighted by atomic mass is 16.5. The number of aliphatic hydroxyl groups excluding tert-OH is 1. The van der Waals surface area contributed by atoms with Gasteiger partial charge in [0, 0.05) is 0 Å². The molecule has 0 saturated heterocycles. The first-order valence-electron chi connectivity index (χ1n) is 5.14. The van der Waals surface area contributed by atoms with E-state index in [0.29, 0.717) is 5.92 Å². The highest BCUT2D eigenvalue weighted by Gasteiger charge is 2.05. The van der Waals surface area contributed by atoms with Gasteiger partial charge in [-0.3, -0.25) is 0 Å². The number of hydrogen-bond donors (Lipinski definition) is 1. The van der Waals surface area contributed by atoms with E-state index in [1.54, 1.807) is 7.11 Å². The van der Waals surface area contributed by atoms with Crippen LogP contribution in [0.4, 0.5) is 0 Å². The molecule has 0 atom stereocenters. The maximum absolute atomic E-state index is 8.95. The second-order valence-corrected chi connectivity index (χ2v) is 3.73. The first-order chi connectivity index (χ1) is 7.19. The van der Waals surface area contributed by atoms with Crippen molar-refractivity contribution < 1.29 is 9.84 Å². The molecule has 0 spiro atoms. The van der Waals surface area contributed by atoms with Crippen LogP contribution in [-0.2, 0) is 0 Å². The van der Waals surface area contributed by atoms with Gasteiger partial charge in [0.2, 0.25) is 0 Å². The summed E-state index contributed by atoms with van der Waals surface area (Å²) in [6.07, 6.45) is 1.85. The van der Waals surface area contributed by atoms with Gasteiger partial charge in [-0.1, -0.05) is 32.1 Å². The molecule has 1 rings (SSSR count). The van der Waals surface area contributed by atoms with Crippen LogP contribution < -0.4 is 4.74 Å². The number of aliphatic hydroxyl groups is 1. The Balaban J connectivity index is 2.97. The first kappa shape index (κ1) is 11.8. The molecular formula is C13H18O2. The third-order valence-corrected chi connectivity index (χ3v) is 2.36. The molecular weight excluding hydrogens is 188 g/mol. The molecule has 0 aliphatic carbocycles. The molecule has 0 unspecified atom stereocenters. The third-order valence-electron chi connectivity index (χ3n) is 2.36. The topological polar surface area (TPSA) is 29.5 Å². The van der Waals surface area contributed by atoms with E-state index in [-0.39, 0.29) is 6.61 Å². The minimum absolute atomic E-state index is 0.0829. The predicted molar refractivity (Wildman–Crippen MR) is 62.9 cm³/mol. The zero-order chi connectivity index (χ0) is 11.3. The Morgan fingerprint density at radius 2 is 1.93 bits per heavy atom. The highest BCUT2D eigenvalue weighted by molar-refractivity contribution is 5.67. The van der Waals surface area contributed by atoms with E-state index in [0.717, 1.165) is 11.3 Å². The number of allylic oxidation sites excluding steroid dienone is 1. The average molecular weight is 206 g/mol. The van der Waals surface area contributed by atoms with Crippen molar-refractivity contribution in [3.63, 3.8) is 0 Å². The Kier molecular flexibility index (Phi) is 4.37. The Morgan fingerprint density at radius 3 is 2.33 bits per heavy atom. The summed E-state index contributed by atoms with van der Waals surface area (Å²) < 4.78 is 5.10. The van der Waals surface area contributed by atoms with Crippen molar-refractivity contribution in [3.8, 4) is 5.75 Å². The molecule has 0 fully saturated rings. The fourth-order valence-electron chi connectivity index (χ4n) is 1.57. The SMILES string of the molecule is COc1ccc(C(=CCO)C(C)C)cc1. The van der Waals surface area contributed by atoms with Crippen LogP contribution >= 0.6 is 0 Å². The van der Waals surface area contributed by atoms with Crippen LogP contribution in [0.25, 0.3) is 5.57 Å². The number of ether oxygens (including phenoxy) is 1. The van der Waals surface area contributed by atoms with Crippen molar-refractivity contribution >= 4 is 5.57 Å². The van der Waals surface area contributed by atoms with E-state index in [1.807, 2.05) is 30.3 Å². The standard InChI is InChI=1S/C13H18O2/c1-10(2)13(8-9-14)11-4-6-12(15-3)7-5-11/h4-8,10,14H,9H2,1-3H3. The van der Waals surface area contributed by atoms with Gasteiger partial charge < -0.3 is 9.84 Å². The lowest BCUT2D eigenvalue weighted by Crippen LogP contribution is -1.95. The van der Waals surface area contributed by atoms with Gasteiger partial charge in [0.25, 0.3) is 0 Å². The van der Waals surface area contributed by atoms with Crippen molar-refractivity contribution in [2.24, 2.45) is 5.92 Å². The lowest BCUT2D eigenvalue weighted by atomic mass is 9.95. The lowest BCUT2D eigenvalue weighted by Gasteiger charge is -2.12. The Hall–Kier alpha value is -1.28. The minimum Gasteiger partial charge on any atom is -0.497 e. The Morgan fingerprint density at radius 1 is 1.33 bits per heavy atom. The average Bonchev–Trinajstić information content (AvgIpc) is 2.26. The van der Waals surface area contributed by atoms with Crippen LogP contribution in [0.3, 0.4) is 0 Å². The normalized spacial score (nSPS) is 11.9. The summed E-state index contributed by atoms with van der Waals surface area (Å²) in [6, 6.07) is 7.90. The number of hydrogen-bond acceptors (Lipinski definition) is 2. The number of methoxy groups -OCH3 is 1. The predicted octanol–water partition coefficient (Wildman–Crippen LogP) is 2.73. The van der Waals surface area contributed by atoms with Crippen LogP contribution in [0.5, 0.6) is 5.75 Å².